The van der Waals surface area contributed by atoms with Crippen molar-refractivity contribution < 1.29 is 9.53 Å². The molecule has 0 saturated carbocycles. The van der Waals surface area contributed by atoms with Crippen LogP contribution in [0.15, 0.2) is 35.7 Å². The van der Waals surface area contributed by atoms with E-state index in [0.717, 1.165) is 0 Å². The molecule has 0 fully saturated rings. The summed E-state index contributed by atoms with van der Waals surface area (Å²) in [6.07, 6.45) is 4.85. The van der Waals surface area contributed by atoms with Crippen molar-refractivity contribution in [2.45, 2.75) is 19.4 Å². The number of amides is 1. The van der Waals surface area contributed by atoms with Gasteiger partial charge in [-0.1, -0.05) is 0 Å². The van der Waals surface area contributed by atoms with Gasteiger partial charge in [-0.2, -0.15) is 0 Å². The molecule has 2 rings (SSSR count). The van der Waals surface area contributed by atoms with Crippen molar-refractivity contribution in [1.29, 1.82) is 0 Å². The van der Waals surface area contributed by atoms with E-state index in [4.69, 9.17) is 10.5 Å². The van der Waals surface area contributed by atoms with Gasteiger partial charge in [-0.15, -0.1) is 0 Å². The number of rotatable bonds is 2. The second-order valence-electron chi connectivity index (χ2n) is 4.13. The monoisotopic (exact) mass is 246 g/mol. The Labute approximate surface area is 105 Å². The Hall–Kier alpha value is -2.37. The third kappa shape index (κ3) is 2.48. The number of ether oxygens (including phenoxy) is 1. The molecular formula is C12H14N4O2. The Bertz CT molecular complexity index is 539. The van der Waals surface area contributed by atoms with Crippen LogP contribution in [-0.2, 0) is 15.1 Å². The number of nitrogens with one attached hydrogen (secondary N) is 1. The van der Waals surface area contributed by atoms with Crippen LogP contribution in [0.3, 0.4) is 0 Å². The van der Waals surface area contributed by atoms with Gasteiger partial charge in [0.05, 0.1) is 12.0 Å². The molecule has 1 atom stereocenters. The Kier molecular flexibility index (Phi) is 3.01. The number of aliphatic imine (C=N–C) groups is 1. The van der Waals surface area contributed by atoms with E-state index >= 15 is 0 Å². The number of aromatic nitrogens is 1. The molecule has 1 aliphatic heterocycles. The van der Waals surface area contributed by atoms with Gasteiger partial charge in [0.2, 0.25) is 5.91 Å². The first kappa shape index (κ1) is 12.1. The van der Waals surface area contributed by atoms with E-state index in [1.165, 1.54) is 13.2 Å². The second kappa shape index (κ2) is 4.48. The van der Waals surface area contributed by atoms with Crippen molar-refractivity contribution in [3.05, 3.63) is 36.4 Å². The minimum Gasteiger partial charge on any atom is -0.434 e. The van der Waals surface area contributed by atoms with E-state index in [2.05, 4.69) is 15.3 Å². The average Bonchev–Trinajstić information content (AvgIpc) is 2.28. The van der Waals surface area contributed by atoms with Gasteiger partial charge in [0.25, 0.3) is 6.02 Å². The number of hydrogen-bond acceptors (Lipinski definition) is 5. The maximum absolute atomic E-state index is 11.0. The predicted molar refractivity (Wildman–Crippen MR) is 67.7 cm³/mol. The molecule has 94 valence electrons. The fraction of sp³-hybridized carbons (Fsp3) is 0.250. The van der Waals surface area contributed by atoms with Crippen molar-refractivity contribution in [2.24, 2.45) is 10.7 Å². The summed E-state index contributed by atoms with van der Waals surface area (Å²) in [6.45, 7) is 3.31. The lowest BCUT2D eigenvalue weighted by atomic mass is 9.97. The average molecular weight is 246 g/mol. The van der Waals surface area contributed by atoms with Crippen LogP contribution in [0.25, 0.3) is 0 Å². The van der Waals surface area contributed by atoms with Gasteiger partial charge in [0, 0.05) is 18.8 Å². The Balaban J connectivity index is 2.36. The highest BCUT2D eigenvalue weighted by molar-refractivity contribution is 5.88. The quantitative estimate of drug-likeness (QED) is 0.818. The number of pyridine rings is 1. The van der Waals surface area contributed by atoms with Gasteiger partial charge in [0.1, 0.15) is 5.54 Å². The van der Waals surface area contributed by atoms with Crippen LogP contribution in [-0.4, -0.2) is 16.9 Å². The lowest BCUT2D eigenvalue weighted by Crippen LogP contribution is -2.28. The molecule has 0 radical (unpaired) electrons. The molecule has 3 N–H and O–H groups in total. The second-order valence-corrected chi connectivity index (χ2v) is 4.13. The zero-order valence-electron chi connectivity index (χ0n) is 10.2. The van der Waals surface area contributed by atoms with Gasteiger partial charge >= 0.3 is 0 Å². The highest BCUT2D eigenvalue weighted by atomic mass is 16.5. The molecule has 0 aromatic carbocycles. The molecule has 0 spiro atoms. The molecule has 2 heterocycles. The molecule has 0 bridgehead atoms. The fourth-order valence-electron chi connectivity index (χ4n) is 1.66. The molecule has 1 amide bonds. The summed E-state index contributed by atoms with van der Waals surface area (Å²) in [7, 11) is 0. The SMILES string of the molecule is CC(=O)Nc1ccnc([C@]2(C)C=COC(N)=N2)c1. The Morgan fingerprint density at radius 2 is 2.33 bits per heavy atom. The smallest absolute Gasteiger partial charge is 0.288 e. The normalized spacial score (nSPS) is 22.0. The molecule has 18 heavy (non-hydrogen) atoms. The van der Waals surface area contributed by atoms with E-state index in [1.807, 2.05) is 6.92 Å². The predicted octanol–water partition coefficient (Wildman–Crippen LogP) is 1.11. The van der Waals surface area contributed by atoms with Gasteiger partial charge in [-0.3, -0.25) is 9.78 Å². The molecule has 0 saturated heterocycles. The molecule has 1 aromatic heterocycles. The fourth-order valence-corrected chi connectivity index (χ4v) is 1.66. The van der Waals surface area contributed by atoms with Crippen molar-refractivity contribution in [1.82, 2.24) is 4.98 Å². The van der Waals surface area contributed by atoms with Crippen LogP contribution in [0.4, 0.5) is 5.69 Å². The van der Waals surface area contributed by atoms with Gasteiger partial charge < -0.3 is 15.8 Å². The summed E-state index contributed by atoms with van der Waals surface area (Å²) in [5.74, 6) is -0.136. The summed E-state index contributed by atoms with van der Waals surface area (Å²) in [6, 6.07) is 3.56. The van der Waals surface area contributed by atoms with Crippen molar-refractivity contribution >= 4 is 17.6 Å². The number of anilines is 1. The first-order valence-electron chi connectivity index (χ1n) is 5.43. The third-order valence-corrected chi connectivity index (χ3v) is 2.52. The summed E-state index contributed by atoms with van der Waals surface area (Å²) in [4.78, 5) is 19.5. The standard InChI is InChI=1S/C12H14N4O2/c1-8(17)15-9-3-5-14-10(7-9)12(2)4-6-18-11(13)16-12/h3-7H,1-2H3,(H2,13,16)(H,14,15,17)/t12-/m0/s1. The summed E-state index contributed by atoms with van der Waals surface area (Å²) >= 11 is 0. The van der Waals surface area contributed by atoms with Crippen molar-refractivity contribution in [3.63, 3.8) is 0 Å². The minimum absolute atomic E-state index is 0.0896. The third-order valence-electron chi connectivity index (χ3n) is 2.52. The van der Waals surface area contributed by atoms with Crippen LogP contribution in [0.2, 0.25) is 0 Å². The first-order valence-corrected chi connectivity index (χ1v) is 5.43. The number of hydrogen-bond donors (Lipinski definition) is 2. The van der Waals surface area contributed by atoms with Crippen LogP contribution >= 0.6 is 0 Å². The number of amidine groups is 1. The molecule has 1 aromatic rings. The highest BCUT2D eigenvalue weighted by Gasteiger charge is 2.28. The number of carbonyl (C=O) groups is 1. The number of carbonyl (C=O) groups excluding carboxylic acids is 1. The maximum atomic E-state index is 11.0. The lowest BCUT2D eigenvalue weighted by molar-refractivity contribution is -0.114. The van der Waals surface area contributed by atoms with Crippen LogP contribution < -0.4 is 11.1 Å². The van der Waals surface area contributed by atoms with Crippen LogP contribution in [0.1, 0.15) is 19.5 Å². The molecule has 1 aliphatic rings. The molecule has 0 unspecified atom stereocenters. The van der Waals surface area contributed by atoms with Gasteiger partial charge in [0.15, 0.2) is 0 Å². The topological polar surface area (TPSA) is 89.6 Å². The van der Waals surface area contributed by atoms with E-state index in [1.54, 1.807) is 24.4 Å². The largest absolute Gasteiger partial charge is 0.434 e. The molecule has 0 aliphatic carbocycles. The van der Waals surface area contributed by atoms with E-state index in [9.17, 15) is 4.79 Å². The molecular weight excluding hydrogens is 232 g/mol. The zero-order chi connectivity index (χ0) is 13.2. The summed E-state index contributed by atoms with van der Waals surface area (Å²) in [5, 5.41) is 2.70. The molecule has 6 heteroatoms. The first-order chi connectivity index (χ1) is 8.49. The van der Waals surface area contributed by atoms with Gasteiger partial charge in [-0.05, 0) is 25.1 Å². The minimum atomic E-state index is -0.684. The van der Waals surface area contributed by atoms with E-state index in [-0.39, 0.29) is 11.9 Å². The Morgan fingerprint density at radius 3 is 3.00 bits per heavy atom. The summed E-state index contributed by atoms with van der Waals surface area (Å²) < 4.78 is 4.94. The zero-order valence-corrected chi connectivity index (χ0v) is 10.2. The van der Waals surface area contributed by atoms with Crippen LogP contribution in [0.5, 0.6) is 0 Å². The van der Waals surface area contributed by atoms with Gasteiger partial charge in [-0.25, -0.2) is 4.99 Å². The maximum Gasteiger partial charge on any atom is 0.288 e. The van der Waals surface area contributed by atoms with Crippen molar-refractivity contribution in [3.8, 4) is 0 Å². The lowest BCUT2D eigenvalue weighted by Gasteiger charge is -2.24. The van der Waals surface area contributed by atoms with E-state index < -0.39 is 5.54 Å². The van der Waals surface area contributed by atoms with E-state index in [0.29, 0.717) is 11.4 Å². The molecule has 6 nitrogen and oxygen atoms in total. The van der Waals surface area contributed by atoms with Crippen LogP contribution in [0, 0.1) is 0 Å². The van der Waals surface area contributed by atoms with Crippen molar-refractivity contribution in [2.75, 3.05) is 5.32 Å². The summed E-state index contributed by atoms with van der Waals surface area (Å²) in [5.41, 5.74) is 6.21. The number of nitrogens with zero attached hydrogens (tertiary/aromatic N) is 2. The highest BCUT2D eigenvalue weighted by Crippen LogP contribution is 2.29. The Morgan fingerprint density at radius 1 is 1.56 bits per heavy atom. The number of nitrogens with two attached hydrogens (primary N) is 1.